The second kappa shape index (κ2) is 9.79. The zero-order valence-electron chi connectivity index (χ0n) is 17.2. The molecule has 1 aromatic heterocycles. The number of nitrogens with one attached hydrogen (secondary N) is 1. The van der Waals surface area contributed by atoms with E-state index in [0.717, 1.165) is 36.2 Å². The maximum Gasteiger partial charge on any atom is 0.269 e. The second-order valence-corrected chi connectivity index (χ2v) is 8.26. The minimum absolute atomic E-state index is 0.0324. The average Bonchev–Trinajstić information content (AvgIpc) is 2.80. The van der Waals surface area contributed by atoms with E-state index >= 15 is 0 Å². The van der Waals surface area contributed by atoms with Gasteiger partial charge in [-0.25, -0.2) is 4.68 Å². The van der Waals surface area contributed by atoms with Gasteiger partial charge in [0.15, 0.2) is 0 Å². The molecule has 0 saturated carbocycles. The van der Waals surface area contributed by atoms with Crippen LogP contribution in [0.25, 0.3) is 0 Å². The van der Waals surface area contributed by atoms with Crippen molar-refractivity contribution < 1.29 is 4.79 Å². The number of halogens is 1. The quantitative estimate of drug-likeness (QED) is 0.642. The molecule has 3 aromatic rings. The summed E-state index contributed by atoms with van der Waals surface area (Å²) in [5.74, 6) is -0.0853. The van der Waals surface area contributed by atoms with E-state index in [4.69, 9.17) is 11.6 Å². The van der Waals surface area contributed by atoms with Crippen LogP contribution in [0.5, 0.6) is 0 Å². The van der Waals surface area contributed by atoms with E-state index in [9.17, 15) is 9.59 Å². The highest BCUT2D eigenvalue weighted by Gasteiger charge is 2.26. The highest BCUT2D eigenvalue weighted by molar-refractivity contribution is 6.30. The largest absolute Gasteiger partial charge is 0.369 e. The van der Waals surface area contributed by atoms with Crippen molar-refractivity contribution in [3.8, 4) is 0 Å². The summed E-state index contributed by atoms with van der Waals surface area (Å²) in [4.78, 5) is 27.3. The summed E-state index contributed by atoms with van der Waals surface area (Å²) < 4.78 is 1.46. The van der Waals surface area contributed by atoms with E-state index in [-0.39, 0.29) is 17.4 Å². The lowest BCUT2D eigenvalue weighted by molar-refractivity contribution is -0.125. The Labute approximate surface area is 186 Å². The second-order valence-electron chi connectivity index (χ2n) is 7.82. The van der Waals surface area contributed by atoms with Crippen LogP contribution >= 0.6 is 11.6 Å². The molecule has 7 heteroatoms. The molecule has 0 aliphatic carbocycles. The van der Waals surface area contributed by atoms with Gasteiger partial charge >= 0.3 is 0 Å². The summed E-state index contributed by atoms with van der Waals surface area (Å²) in [6.45, 7) is 2.31. The van der Waals surface area contributed by atoms with Crippen molar-refractivity contribution in [2.45, 2.75) is 25.9 Å². The monoisotopic (exact) mass is 436 g/mol. The lowest BCUT2D eigenvalue weighted by Crippen LogP contribution is -2.43. The fourth-order valence-corrected chi connectivity index (χ4v) is 3.96. The van der Waals surface area contributed by atoms with E-state index in [2.05, 4.69) is 15.3 Å². The first-order chi connectivity index (χ1) is 15.1. The molecule has 0 radical (unpaired) electrons. The molecule has 2 aromatic carbocycles. The van der Waals surface area contributed by atoms with Crippen LogP contribution in [0.3, 0.4) is 0 Å². The van der Waals surface area contributed by atoms with Gasteiger partial charge in [-0.15, -0.1) is 0 Å². The Hall–Kier alpha value is -3.12. The van der Waals surface area contributed by atoms with Gasteiger partial charge in [0.2, 0.25) is 5.91 Å². The van der Waals surface area contributed by atoms with Crippen LogP contribution in [0.1, 0.15) is 24.0 Å². The number of carbonyl (C=O) groups is 1. The standard InChI is InChI=1S/C24H25ClN4O2/c25-21-10-8-18(9-11-21)14-26-24(31)20-7-4-12-28(17-20)22-13-23(30)29(27-15-22)16-19-5-2-1-3-6-19/h1-3,5-6,8-11,13,15,20H,4,7,12,14,16-17H2,(H,26,31)/t20-/m1/s1. The van der Waals surface area contributed by atoms with Crippen molar-refractivity contribution >= 4 is 23.2 Å². The molecule has 0 unspecified atom stereocenters. The van der Waals surface area contributed by atoms with Gasteiger partial charge in [-0.05, 0) is 36.1 Å². The SMILES string of the molecule is O=C(NCc1ccc(Cl)cc1)[C@@H]1CCCN(c2cnn(Cc3ccccc3)c(=O)c2)C1. The van der Waals surface area contributed by atoms with Gasteiger partial charge in [-0.2, -0.15) is 5.10 Å². The van der Waals surface area contributed by atoms with Crippen LogP contribution in [0, 0.1) is 5.92 Å². The van der Waals surface area contributed by atoms with Crippen molar-refractivity contribution in [2.24, 2.45) is 5.92 Å². The van der Waals surface area contributed by atoms with Crippen LogP contribution in [0.2, 0.25) is 5.02 Å². The molecule has 1 N–H and O–H groups in total. The predicted octanol–water partition coefficient (Wildman–Crippen LogP) is 3.48. The molecular formula is C24H25ClN4O2. The molecule has 1 fully saturated rings. The Morgan fingerprint density at radius 1 is 1.10 bits per heavy atom. The van der Waals surface area contributed by atoms with Gasteiger partial charge in [-0.1, -0.05) is 54.1 Å². The van der Waals surface area contributed by atoms with E-state index in [1.54, 1.807) is 12.3 Å². The van der Waals surface area contributed by atoms with Gasteiger partial charge in [0.05, 0.1) is 24.3 Å². The number of hydrogen-bond acceptors (Lipinski definition) is 4. The smallest absolute Gasteiger partial charge is 0.269 e. The normalized spacial score (nSPS) is 16.2. The number of piperidine rings is 1. The van der Waals surface area contributed by atoms with Crippen molar-refractivity contribution in [1.82, 2.24) is 15.1 Å². The highest BCUT2D eigenvalue weighted by Crippen LogP contribution is 2.22. The molecule has 31 heavy (non-hydrogen) atoms. The van der Waals surface area contributed by atoms with Crippen molar-refractivity contribution in [2.75, 3.05) is 18.0 Å². The number of carbonyl (C=O) groups excluding carboxylic acids is 1. The van der Waals surface area contributed by atoms with Crippen LogP contribution in [0.4, 0.5) is 5.69 Å². The lowest BCUT2D eigenvalue weighted by atomic mass is 9.96. The van der Waals surface area contributed by atoms with Crippen molar-refractivity contribution in [3.63, 3.8) is 0 Å². The van der Waals surface area contributed by atoms with Crippen LogP contribution in [-0.4, -0.2) is 28.8 Å². The molecule has 0 spiro atoms. The van der Waals surface area contributed by atoms with Gasteiger partial charge in [0, 0.05) is 30.7 Å². The summed E-state index contributed by atoms with van der Waals surface area (Å²) in [6.07, 6.45) is 3.45. The molecule has 1 aliphatic rings. The van der Waals surface area contributed by atoms with Gasteiger partial charge < -0.3 is 10.2 Å². The highest BCUT2D eigenvalue weighted by atomic mass is 35.5. The summed E-state index contributed by atoms with van der Waals surface area (Å²) in [7, 11) is 0. The third kappa shape index (κ3) is 5.52. The summed E-state index contributed by atoms with van der Waals surface area (Å²) in [5.41, 5.74) is 2.66. The maximum atomic E-state index is 12.7. The summed E-state index contributed by atoms with van der Waals surface area (Å²) >= 11 is 5.91. The average molecular weight is 437 g/mol. The fraction of sp³-hybridized carbons (Fsp3) is 0.292. The van der Waals surface area contributed by atoms with E-state index in [0.29, 0.717) is 24.7 Å². The maximum absolute atomic E-state index is 12.7. The van der Waals surface area contributed by atoms with Crippen LogP contribution in [0.15, 0.2) is 71.7 Å². The Morgan fingerprint density at radius 3 is 2.61 bits per heavy atom. The molecule has 1 saturated heterocycles. The Bertz CT molecular complexity index is 1080. The number of rotatable bonds is 6. The number of amides is 1. The van der Waals surface area contributed by atoms with Crippen molar-refractivity contribution in [3.05, 3.63) is 93.4 Å². The first-order valence-corrected chi connectivity index (χ1v) is 10.8. The number of benzene rings is 2. The van der Waals surface area contributed by atoms with Gasteiger partial charge in [-0.3, -0.25) is 9.59 Å². The number of hydrogen-bond donors (Lipinski definition) is 1. The number of anilines is 1. The fourth-order valence-electron chi connectivity index (χ4n) is 3.83. The third-order valence-electron chi connectivity index (χ3n) is 5.57. The zero-order valence-corrected chi connectivity index (χ0v) is 18.0. The topological polar surface area (TPSA) is 67.2 Å². The molecule has 6 nitrogen and oxygen atoms in total. The summed E-state index contributed by atoms with van der Waals surface area (Å²) in [5, 5.41) is 8.05. The van der Waals surface area contributed by atoms with Crippen LogP contribution in [-0.2, 0) is 17.9 Å². The lowest BCUT2D eigenvalue weighted by Gasteiger charge is -2.33. The number of nitrogens with zero attached hydrogens (tertiary/aromatic N) is 3. The van der Waals surface area contributed by atoms with Gasteiger partial charge in [0.1, 0.15) is 0 Å². The molecule has 160 valence electrons. The molecular weight excluding hydrogens is 412 g/mol. The van der Waals surface area contributed by atoms with E-state index in [1.165, 1.54) is 4.68 Å². The molecule has 1 atom stereocenters. The Balaban J connectivity index is 1.37. The first-order valence-electron chi connectivity index (χ1n) is 10.5. The van der Waals surface area contributed by atoms with E-state index < -0.39 is 0 Å². The molecule has 1 aliphatic heterocycles. The summed E-state index contributed by atoms with van der Waals surface area (Å²) in [6, 6.07) is 18.8. The van der Waals surface area contributed by atoms with Gasteiger partial charge in [0.25, 0.3) is 5.56 Å². The first kappa shape index (κ1) is 21.1. The molecule has 1 amide bonds. The Kier molecular flexibility index (Phi) is 6.67. The minimum Gasteiger partial charge on any atom is -0.369 e. The third-order valence-corrected chi connectivity index (χ3v) is 5.82. The molecule has 2 heterocycles. The van der Waals surface area contributed by atoms with Crippen LogP contribution < -0.4 is 15.8 Å². The molecule has 4 rings (SSSR count). The Morgan fingerprint density at radius 2 is 1.87 bits per heavy atom. The molecule has 0 bridgehead atoms. The minimum atomic E-state index is -0.143. The van der Waals surface area contributed by atoms with Crippen molar-refractivity contribution in [1.29, 1.82) is 0 Å². The van der Waals surface area contributed by atoms with E-state index in [1.807, 2.05) is 54.6 Å². The number of aromatic nitrogens is 2. The predicted molar refractivity (Wildman–Crippen MR) is 122 cm³/mol. The zero-order chi connectivity index (χ0) is 21.6.